The lowest BCUT2D eigenvalue weighted by molar-refractivity contribution is -0.177. The Balaban J connectivity index is 1.87. The summed E-state index contributed by atoms with van der Waals surface area (Å²) in [5, 5.41) is 3.76. The van der Waals surface area contributed by atoms with E-state index in [9.17, 15) is 0 Å². The lowest BCUT2D eigenvalue weighted by Gasteiger charge is -2.60. The molecule has 1 aliphatic carbocycles. The van der Waals surface area contributed by atoms with Crippen LogP contribution in [0, 0.1) is 18.3 Å². The SMILES string of the molecule is COc1cc(Br)cc(C)c1NC1C2CCCOC2C1(C)C. The number of halogens is 1. The lowest BCUT2D eigenvalue weighted by atomic mass is 9.55. The Kier molecular flexibility index (Phi) is 3.95. The van der Waals surface area contributed by atoms with Gasteiger partial charge in [0.25, 0.3) is 0 Å². The lowest BCUT2D eigenvalue weighted by Crippen LogP contribution is -2.67. The van der Waals surface area contributed by atoms with Crippen LogP contribution in [0.5, 0.6) is 5.75 Å². The van der Waals surface area contributed by atoms with Crippen LogP contribution in [0.15, 0.2) is 16.6 Å². The Morgan fingerprint density at radius 1 is 1.38 bits per heavy atom. The number of rotatable bonds is 3. The van der Waals surface area contributed by atoms with Crippen LogP contribution in [0.25, 0.3) is 0 Å². The van der Waals surface area contributed by atoms with Crippen molar-refractivity contribution in [3.05, 3.63) is 22.2 Å². The summed E-state index contributed by atoms with van der Waals surface area (Å²) >= 11 is 3.54. The fourth-order valence-electron chi connectivity index (χ4n) is 4.03. The molecule has 4 heteroatoms. The first-order valence-electron chi connectivity index (χ1n) is 7.67. The van der Waals surface area contributed by atoms with Gasteiger partial charge in [0.05, 0.1) is 18.9 Å². The second kappa shape index (κ2) is 5.47. The standard InChI is InChI=1S/C17H24BrNO2/c1-10-8-11(18)9-13(20-4)14(10)19-15-12-6-5-7-21-16(12)17(15,2)3/h8-9,12,15-16,19H,5-7H2,1-4H3. The number of hydrogen-bond donors (Lipinski definition) is 1. The Morgan fingerprint density at radius 2 is 2.14 bits per heavy atom. The summed E-state index contributed by atoms with van der Waals surface area (Å²) in [6.07, 6.45) is 2.82. The first kappa shape index (κ1) is 15.2. The highest BCUT2D eigenvalue weighted by Gasteiger charge is 2.58. The zero-order valence-electron chi connectivity index (χ0n) is 13.2. The third-order valence-electron chi connectivity index (χ3n) is 5.11. The molecular weight excluding hydrogens is 330 g/mol. The average molecular weight is 354 g/mol. The maximum atomic E-state index is 5.99. The summed E-state index contributed by atoms with van der Waals surface area (Å²) in [5.74, 6) is 1.51. The third kappa shape index (κ3) is 2.46. The molecule has 2 aliphatic rings. The Labute approximate surface area is 135 Å². The van der Waals surface area contributed by atoms with Gasteiger partial charge in [-0.2, -0.15) is 0 Å². The quantitative estimate of drug-likeness (QED) is 0.874. The molecule has 3 rings (SSSR count). The van der Waals surface area contributed by atoms with Gasteiger partial charge in [-0.05, 0) is 37.5 Å². The van der Waals surface area contributed by atoms with Gasteiger partial charge in [0.2, 0.25) is 0 Å². The Bertz CT molecular complexity index is 544. The van der Waals surface area contributed by atoms with E-state index < -0.39 is 0 Å². The third-order valence-corrected chi connectivity index (χ3v) is 5.57. The minimum atomic E-state index is 0.162. The zero-order valence-corrected chi connectivity index (χ0v) is 14.8. The largest absolute Gasteiger partial charge is 0.495 e. The van der Waals surface area contributed by atoms with Gasteiger partial charge in [0, 0.05) is 28.5 Å². The number of nitrogens with one attached hydrogen (secondary N) is 1. The van der Waals surface area contributed by atoms with Gasteiger partial charge >= 0.3 is 0 Å². The van der Waals surface area contributed by atoms with E-state index in [1.807, 2.05) is 6.07 Å². The molecule has 1 aliphatic heterocycles. The Hall–Kier alpha value is -0.740. The monoisotopic (exact) mass is 353 g/mol. The summed E-state index contributed by atoms with van der Waals surface area (Å²) in [6.45, 7) is 7.64. The van der Waals surface area contributed by atoms with E-state index in [0.29, 0.717) is 18.1 Å². The number of anilines is 1. The van der Waals surface area contributed by atoms with Crippen LogP contribution in [0.2, 0.25) is 0 Å². The topological polar surface area (TPSA) is 30.5 Å². The molecule has 1 N–H and O–H groups in total. The second-order valence-corrected chi connectivity index (χ2v) is 7.76. The molecule has 21 heavy (non-hydrogen) atoms. The summed E-state index contributed by atoms with van der Waals surface area (Å²) < 4.78 is 12.6. The highest BCUT2D eigenvalue weighted by molar-refractivity contribution is 9.10. The van der Waals surface area contributed by atoms with Gasteiger partial charge in [-0.1, -0.05) is 29.8 Å². The number of aryl methyl sites for hydroxylation is 1. The minimum Gasteiger partial charge on any atom is -0.495 e. The van der Waals surface area contributed by atoms with Crippen molar-refractivity contribution in [1.82, 2.24) is 0 Å². The van der Waals surface area contributed by atoms with Crippen molar-refractivity contribution in [2.45, 2.75) is 45.8 Å². The number of hydrogen-bond acceptors (Lipinski definition) is 3. The van der Waals surface area contributed by atoms with Gasteiger partial charge in [-0.15, -0.1) is 0 Å². The maximum absolute atomic E-state index is 5.99. The van der Waals surface area contributed by atoms with E-state index in [1.54, 1.807) is 7.11 Å². The highest BCUT2D eigenvalue weighted by Crippen LogP contribution is 2.53. The van der Waals surface area contributed by atoms with Crippen LogP contribution in [0.3, 0.4) is 0 Å². The van der Waals surface area contributed by atoms with Crippen molar-refractivity contribution in [2.24, 2.45) is 11.3 Å². The molecule has 2 fully saturated rings. The van der Waals surface area contributed by atoms with E-state index in [0.717, 1.165) is 22.5 Å². The molecule has 1 aromatic carbocycles. The Morgan fingerprint density at radius 3 is 2.86 bits per heavy atom. The van der Waals surface area contributed by atoms with Crippen molar-refractivity contribution in [2.75, 3.05) is 19.0 Å². The first-order chi connectivity index (χ1) is 9.95. The van der Waals surface area contributed by atoms with Crippen LogP contribution >= 0.6 is 15.9 Å². The molecule has 1 saturated carbocycles. The van der Waals surface area contributed by atoms with Crippen molar-refractivity contribution >= 4 is 21.6 Å². The summed E-state index contributed by atoms with van der Waals surface area (Å²) in [5.41, 5.74) is 2.48. The molecule has 116 valence electrons. The number of benzene rings is 1. The predicted octanol–water partition coefficient (Wildman–Crippen LogP) is 4.38. The minimum absolute atomic E-state index is 0.162. The molecule has 3 nitrogen and oxygen atoms in total. The van der Waals surface area contributed by atoms with Crippen molar-refractivity contribution in [3.8, 4) is 5.75 Å². The number of ether oxygens (including phenoxy) is 2. The molecular formula is C17H24BrNO2. The van der Waals surface area contributed by atoms with Crippen LogP contribution in [0.4, 0.5) is 5.69 Å². The smallest absolute Gasteiger partial charge is 0.143 e. The molecule has 0 bridgehead atoms. The average Bonchev–Trinajstić information content (AvgIpc) is 2.45. The first-order valence-corrected chi connectivity index (χ1v) is 8.46. The van der Waals surface area contributed by atoms with Crippen molar-refractivity contribution < 1.29 is 9.47 Å². The molecule has 1 saturated heterocycles. The van der Waals surface area contributed by atoms with E-state index in [2.05, 4.69) is 48.1 Å². The maximum Gasteiger partial charge on any atom is 0.143 e. The van der Waals surface area contributed by atoms with E-state index in [1.165, 1.54) is 18.4 Å². The van der Waals surface area contributed by atoms with Crippen LogP contribution in [-0.4, -0.2) is 25.9 Å². The molecule has 1 aromatic rings. The molecule has 3 atom stereocenters. The fraction of sp³-hybridized carbons (Fsp3) is 0.647. The second-order valence-electron chi connectivity index (χ2n) is 6.84. The highest BCUT2D eigenvalue weighted by atomic mass is 79.9. The van der Waals surface area contributed by atoms with Crippen LogP contribution < -0.4 is 10.1 Å². The molecule has 0 radical (unpaired) electrons. The van der Waals surface area contributed by atoms with E-state index >= 15 is 0 Å². The van der Waals surface area contributed by atoms with Crippen LogP contribution in [-0.2, 0) is 4.74 Å². The summed E-state index contributed by atoms with van der Waals surface area (Å²) in [4.78, 5) is 0. The van der Waals surface area contributed by atoms with E-state index in [4.69, 9.17) is 9.47 Å². The van der Waals surface area contributed by atoms with Crippen molar-refractivity contribution in [3.63, 3.8) is 0 Å². The molecule has 1 heterocycles. The van der Waals surface area contributed by atoms with Gasteiger partial charge < -0.3 is 14.8 Å². The van der Waals surface area contributed by atoms with Crippen molar-refractivity contribution in [1.29, 1.82) is 0 Å². The summed E-state index contributed by atoms with van der Waals surface area (Å²) in [6, 6.07) is 4.60. The zero-order chi connectivity index (χ0) is 15.2. The molecule has 3 unspecified atom stereocenters. The molecule has 0 amide bonds. The van der Waals surface area contributed by atoms with Gasteiger partial charge in [-0.3, -0.25) is 0 Å². The van der Waals surface area contributed by atoms with Gasteiger partial charge in [0.1, 0.15) is 5.75 Å². The number of fused-ring (bicyclic) bond motifs is 1. The van der Waals surface area contributed by atoms with E-state index in [-0.39, 0.29) is 5.41 Å². The predicted molar refractivity (Wildman–Crippen MR) is 89.1 cm³/mol. The fourth-order valence-corrected chi connectivity index (χ4v) is 4.58. The van der Waals surface area contributed by atoms with Gasteiger partial charge in [0.15, 0.2) is 0 Å². The molecule has 0 spiro atoms. The number of methoxy groups -OCH3 is 1. The van der Waals surface area contributed by atoms with Gasteiger partial charge in [-0.25, -0.2) is 0 Å². The molecule has 0 aromatic heterocycles. The summed E-state index contributed by atoms with van der Waals surface area (Å²) in [7, 11) is 1.73. The normalized spacial score (nSPS) is 30.2. The van der Waals surface area contributed by atoms with Crippen LogP contribution in [0.1, 0.15) is 32.3 Å².